The summed E-state index contributed by atoms with van der Waals surface area (Å²) in [7, 11) is 1.55. The van der Waals surface area contributed by atoms with E-state index in [9.17, 15) is 19.2 Å². The number of aromatic nitrogens is 1. The molecule has 8 heteroatoms. The second kappa shape index (κ2) is 11.3. The van der Waals surface area contributed by atoms with Crippen molar-refractivity contribution in [2.45, 2.75) is 53.0 Å². The number of pyridine rings is 1. The maximum absolute atomic E-state index is 13.9. The lowest BCUT2D eigenvalue weighted by Crippen LogP contribution is -2.40. The Morgan fingerprint density at radius 1 is 1.03 bits per heavy atom. The lowest BCUT2D eigenvalue weighted by atomic mass is 9.75. The van der Waals surface area contributed by atoms with Gasteiger partial charge in [-0.05, 0) is 61.6 Å². The van der Waals surface area contributed by atoms with Crippen LogP contribution in [0.25, 0.3) is 5.69 Å². The number of amides is 1. The Bertz CT molecular complexity index is 1450. The van der Waals surface area contributed by atoms with Gasteiger partial charge in [-0.3, -0.25) is 23.7 Å². The second-order valence-electron chi connectivity index (χ2n) is 10.6. The number of nitrogens with zero attached hydrogens (tertiary/aromatic N) is 1. The highest BCUT2D eigenvalue weighted by molar-refractivity contribution is 6.02. The van der Waals surface area contributed by atoms with Crippen LogP contribution >= 0.6 is 0 Å². The summed E-state index contributed by atoms with van der Waals surface area (Å²) < 4.78 is 11.8. The van der Waals surface area contributed by atoms with Crippen molar-refractivity contribution in [2.24, 2.45) is 5.41 Å². The van der Waals surface area contributed by atoms with Gasteiger partial charge in [0.15, 0.2) is 5.78 Å². The molecule has 4 rings (SSSR count). The van der Waals surface area contributed by atoms with Crippen molar-refractivity contribution in [3.05, 3.63) is 92.9 Å². The van der Waals surface area contributed by atoms with Crippen LogP contribution in [0.3, 0.4) is 0 Å². The lowest BCUT2D eigenvalue weighted by molar-refractivity contribution is -0.143. The molecule has 0 spiro atoms. The van der Waals surface area contributed by atoms with Gasteiger partial charge in [0.05, 0.1) is 26.2 Å². The number of fused-ring (bicyclic) bond motifs is 1. The molecule has 1 heterocycles. The van der Waals surface area contributed by atoms with Crippen LogP contribution in [0.15, 0.2) is 59.4 Å². The molecule has 8 nitrogen and oxygen atoms in total. The first kappa shape index (κ1) is 27.8. The highest BCUT2D eigenvalue weighted by atomic mass is 16.5. The molecular weight excluding hydrogens is 496 g/mol. The smallest absolute Gasteiger partial charge is 0.308 e. The van der Waals surface area contributed by atoms with E-state index in [1.807, 2.05) is 45.0 Å². The Kier molecular flexibility index (Phi) is 8.04. The maximum Gasteiger partial charge on any atom is 0.308 e. The van der Waals surface area contributed by atoms with E-state index in [0.29, 0.717) is 41.1 Å². The third kappa shape index (κ3) is 6.11. The van der Waals surface area contributed by atoms with Crippen LogP contribution in [0.2, 0.25) is 0 Å². The monoisotopic (exact) mass is 530 g/mol. The number of Topliss-reactive ketones (excluding diaryl/α,β-unsaturated/α-hetero) is 1. The Morgan fingerprint density at radius 2 is 1.69 bits per heavy atom. The first-order chi connectivity index (χ1) is 18.5. The van der Waals surface area contributed by atoms with E-state index in [0.717, 1.165) is 5.56 Å². The number of carbonyl (C=O) groups is 3. The van der Waals surface area contributed by atoms with Crippen molar-refractivity contribution in [3.8, 4) is 11.4 Å². The van der Waals surface area contributed by atoms with Crippen LogP contribution in [-0.4, -0.2) is 35.9 Å². The van der Waals surface area contributed by atoms with Gasteiger partial charge >= 0.3 is 5.97 Å². The maximum atomic E-state index is 13.9. The minimum absolute atomic E-state index is 0.104. The molecule has 1 aromatic heterocycles. The molecule has 0 fully saturated rings. The number of ether oxygens (including phenoxy) is 2. The molecule has 0 saturated heterocycles. The number of rotatable bonds is 8. The number of methoxy groups -OCH3 is 1. The zero-order valence-electron chi connectivity index (χ0n) is 23.0. The fourth-order valence-corrected chi connectivity index (χ4v) is 4.95. The first-order valence-electron chi connectivity index (χ1n) is 13.0. The van der Waals surface area contributed by atoms with Gasteiger partial charge < -0.3 is 14.8 Å². The quantitative estimate of drug-likeness (QED) is 0.422. The summed E-state index contributed by atoms with van der Waals surface area (Å²) in [4.78, 5) is 53.2. The van der Waals surface area contributed by atoms with Gasteiger partial charge in [-0.2, -0.15) is 0 Å². The summed E-state index contributed by atoms with van der Waals surface area (Å²) in [5.74, 6) is -0.649. The van der Waals surface area contributed by atoms with Gasteiger partial charge in [-0.15, -0.1) is 0 Å². The van der Waals surface area contributed by atoms with Crippen molar-refractivity contribution in [3.63, 3.8) is 0 Å². The number of hydrogen-bond acceptors (Lipinski definition) is 6. The topological polar surface area (TPSA) is 104 Å². The Morgan fingerprint density at radius 3 is 2.31 bits per heavy atom. The molecule has 1 N–H and O–H groups in total. The molecule has 1 amide bonds. The highest BCUT2D eigenvalue weighted by Crippen LogP contribution is 2.35. The van der Waals surface area contributed by atoms with Crippen LogP contribution in [0.1, 0.15) is 77.2 Å². The zero-order chi connectivity index (χ0) is 28.3. The Balaban J connectivity index is 1.81. The van der Waals surface area contributed by atoms with Gasteiger partial charge in [0.1, 0.15) is 11.3 Å². The number of aryl methyl sites for hydroxylation is 1. The van der Waals surface area contributed by atoms with Crippen molar-refractivity contribution in [2.75, 3.05) is 13.7 Å². The lowest BCUT2D eigenvalue weighted by Gasteiger charge is -2.32. The van der Waals surface area contributed by atoms with Crippen LogP contribution < -0.4 is 15.6 Å². The fourth-order valence-electron chi connectivity index (χ4n) is 4.95. The third-order valence-electron chi connectivity index (χ3n) is 6.92. The summed E-state index contributed by atoms with van der Waals surface area (Å²) in [5, 5.41) is 2.85. The number of hydrogen-bond donors (Lipinski definition) is 1. The van der Waals surface area contributed by atoms with Crippen LogP contribution in [-0.2, 0) is 16.0 Å². The molecule has 0 radical (unpaired) electrons. The Labute approximate surface area is 228 Å². The zero-order valence-corrected chi connectivity index (χ0v) is 23.0. The number of ketones is 1. The normalized spacial score (nSPS) is 14.7. The summed E-state index contributed by atoms with van der Waals surface area (Å²) in [6, 6.07) is 15.0. The van der Waals surface area contributed by atoms with Gasteiger partial charge in [0.2, 0.25) is 0 Å². The molecule has 204 valence electrons. The van der Waals surface area contributed by atoms with Crippen molar-refractivity contribution in [1.82, 2.24) is 9.88 Å². The van der Waals surface area contributed by atoms with Crippen molar-refractivity contribution in [1.29, 1.82) is 0 Å². The summed E-state index contributed by atoms with van der Waals surface area (Å²) >= 11 is 0. The van der Waals surface area contributed by atoms with E-state index in [1.54, 1.807) is 38.3 Å². The van der Waals surface area contributed by atoms with E-state index < -0.39 is 23.5 Å². The van der Waals surface area contributed by atoms with E-state index in [1.165, 1.54) is 10.6 Å². The minimum atomic E-state index is -0.725. The predicted molar refractivity (Wildman–Crippen MR) is 148 cm³/mol. The molecule has 1 aliphatic carbocycles. The van der Waals surface area contributed by atoms with Gasteiger partial charge in [0, 0.05) is 23.4 Å². The van der Waals surface area contributed by atoms with Crippen molar-refractivity contribution >= 4 is 17.7 Å². The summed E-state index contributed by atoms with van der Waals surface area (Å²) in [6.07, 6.45) is 0.691. The van der Waals surface area contributed by atoms with Crippen molar-refractivity contribution < 1.29 is 23.9 Å². The van der Waals surface area contributed by atoms with E-state index >= 15 is 0 Å². The fraction of sp³-hybridized carbons (Fsp3) is 0.355. The summed E-state index contributed by atoms with van der Waals surface area (Å²) in [5.41, 5.74) is 2.13. The minimum Gasteiger partial charge on any atom is -0.497 e. The molecule has 2 aromatic carbocycles. The van der Waals surface area contributed by atoms with E-state index in [2.05, 4.69) is 5.32 Å². The van der Waals surface area contributed by atoms with Gasteiger partial charge in [-0.1, -0.05) is 43.7 Å². The molecule has 0 saturated carbocycles. The van der Waals surface area contributed by atoms with E-state index in [-0.39, 0.29) is 29.8 Å². The second-order valence-corrected chi connectivity index (χ2v) is 10.6. The number of carbonyl (C=O) groups excluding carboxylic acids is 3. The highest BCUT2D eigenvalue weighted by Gasteiger charge is 2.35. The van der Waals surface area contributed by atoms with Crippen LogP contribution in [0, 0.1) is 12.3 Å². The molecule has 3 aromatic rings. The molecule has 1 aliphatic rings. The average molecular weight is 531 g/mol. The summed E-state index contributed by atoms with van der Waals surface area (Å²) in [6.45, 7) is 7.83. The SMILES string of the molecule is CCOC(=O)CC(NC(=O)c1cc2c(n(-c3ccc(OC)cc3)c1=O)CC(C)(C)CC2=O)c1ccc(C)cc1. The van der Waals surface area contributed by atoms with E-state index in [4.69, 9.17) is 9.47 Å². The Hall–Kier alpha value is -4.20. The largest absolute Gasteiger partial charge is 0.497 e. The molecule has 1 unspecified atom stereocenters. The van der Waals surface area contributed by atoms with Crippen LogP contribution in [0.4, 0.5) is 0 Å². The number of esters is 1. The standard InChI is InChI=1S/C31H34N2O6/c1-6-39-28(35)16-25(20-9-7-19(2)8-10-20)32-29(36)24-15-23-26(17-31(3,4)18-27(23)34)33(30(24)37)21-11-13-22(38-5)14-12-21/h7-15,25H,6,16-18H2,1-5H3,(H,32,36). The van der Waals surface area contributed by atoms with Gasteiger partial charge in [-0.25, -0.2) is 0 Å². The molecule has 0 bridgehead atoms. The molecule has 39 heavy (non-hydrogen) atoms. The first-order valence-corrected chi connectivity index (χ1v) is 13.0. The third-order valence-corrected chi connectivity index (χ3v) is 6.92. The number of nitrogens with one attached hydrogen (secondary N) is 1. The molecular formula is C31H34N2O6. The van der Waals surface area contributed by atoms with Crippen LogP contribution in [0.5, 0.6) is 5.75 Å². The molecule has 0 aliphatic heterocycles. The predicted octanol–water partition coefficient (Wildman–Crippen LogP) is 4.73. The molecule has 1 atom stereocenters. The average Bonchev–Trinajstić information content (AvgIpc) is 2.88. The van der Waals surface area contributed by atoms with Gasteiger partial charge in [0.25, 0.3) is 11.5 Å². The number of benzene rings is 2.